The molecule has 2 aromatic rings. The Hall–Kier alpha value is -1.57. The molecule has 0 radical (unpaired) electrons. The number of amides is 1. The number of benzene rings is 1. The zero-order valence-corrected chi connectivity index (χ0v) is 15.3. The Kier molecular flexibility index (Phi) is 6.65. The number of nitrogens with one attached hydrogen (secondary N) is 2. The second-order valence-electron chi connectivity index (χ2n) is 5.66. The normalized spacial score (nSPS) is 16.7. The zero-order chi connectivity index (χ0) is 16.2. The molecule has 0 aliphatic carbocycles. The molecule has 1 aliphatic rings. The molecule has 130 valence electrons. The van der Waals surface area contributed by atoms with Crippen molar-refractivity contribution < 1.29 is 9.21 Å². The molecule has 3 rings (SSSR count). The highest BCUT2D eigenvalue weighted by atomic mass is 35.5. The minimum absolute atomic E-state index is 0. The number of carbonyl (C=O) groups excluding carboxylic acids is 1. The molecule has 1 atom stereocenters. The molecule has 8 heteroatoms. The van der Waals surface area contributed by atoms with Crippen LogP contribution >= 0.6 is 24.2 Å². The van der Waals surface area contributed by atoms with Crippen LogP contribution in [0.15, 0.2) is 27.8 Å². The molecular weight excluding hydrogens is 348 g/mol. The molecule has 6 nitrogen and oxygen atoms in total. The third kappa shape index (κ3) is 4.49. The maximum absolute atomic E-state index is 12.1. The molecule has 1 saturated heterocycles. The van der Waals surface area contributed by atoms with E-state index in [9.17, 15) is 4.79 Å². The van der Waals surface area contributed by atoms with Crippen LogP contribution in [0.2, 0.25) is 0 Å². The van der Waals surface area contributed by atoms with Crippen LogP contribution in [0.4, 0.5) is 5.69 Å². The van der Waals surface area contributed by atoms with Crippen LogP contribution in [0.5, 0.6) is 0 Å². The van der Waals surface area contributed by atoms with E-state index in [4.69, 9.17) is 4.42 Å². The molecule has 1 aliphatic heterocycles. The molecule has 0 unspecified atom stereocenters. The molecule has 2 heterocycles. The van der Waals surface area contributed by atoms with Gasteiger partial charge in [0.25, 0.3) is 5.22 Å². The number of thioether (sulfide) groups is 1. The Morgan fingerprint density at radius 1 is 1.38 bits per heavy atom. The van der Waals surface area contributed by atoms with Crippen LogP contribution < -0.4 is 10.6 Å². The Bertz CT molecular complexity index is 681. The summed E-state index contributed by atoms with van der Waals surface area (Å²) in [4.78, 5) is 12.1. The minimum Gasteiger partial charge on any atom is -0.414 e. The van der Waals surface area contributed by atoms with E-state index in [1.807, 2.05) is 32.0 Å². The van der Waals surface area contributed by atoms with E-state index < -0.39 is 0 Å². The molecule has 0 saturated carbocycles. The lowest BCUT2D eigenvalue weighted by molar-refractivity contribution is -0.113. The van der Waals surface area contributed by atoms with Gasteiger partial charge in [-0.05, 0) is 44.4 Å². The van der Waals surface area contributed by atoms with E-state index in [0.29, 0.717) is 11.1 Å². The van der Waals surface area contributed by atoms with E-state index in [-0.39, 0.29) is 30.1 Å². The van der Waals surface area contributed by atoms with Gasteiger partial charge in [0.1, 0.15) is 0 Å². The van der Waals surface area contributed by atoms with Crippen molar-refractivity contribution in [1.82, 2.24) is 15.5 Å². The predicted molar refractivity (Wildman–Crippen MR) is 96.8 cm³/mol. The van der Waals surface area contributed by atoms with Gasteiger partial charge < -0.3 is 15.1 Å². The smallest absolute Gasteiger partial charge is 0.277 e. The number of aryl methyl sites for hydroxylation is 2. The predicted octanol–water partition coefficient (Wildman–Crippen LogP) is 3.26. The third-order valence-corrected chi connectivity index (χ3v) is 4.67. The fraction of sp³-hybridized carbons (Fsp3) is 0.438. The Morgan fingerprint density at radius 2 is 2.12 bits per heavy atom. The molecule has 0 bridgehead atoms. The zero-order valence-electron chi connectivity index (χ0n) is 13.7. The Labute approximate surface area is 151 Å². The fourth-order valence-corrected chi connectivity index (χ4v) is 3.20. The first-order chi connectivity index (χ1) is 11.1. The van der Waals surface area contributed by atoms with Crippen molar-refractivity contribution in [2.75, 3.05) is 17.6 Å². The molecule has 0 spiro atoms. The van der Waals surface area contributed by atoms with Gasteiger partial charge in [-0.2, -0.15) is 0 Å². The van der Waals surface area contributed by atoms with Crippen molar-refractivity contribution in [3.05, 3.63) is 35.2 Å². The number of hydrogen-bond acceptors (Lipinski definition) is 6. The summed E-state index contributed by atoms with van der Waals surface area (Å²) in [5.74, 6) is 0.777. The lowest BCUT2D eigenvalue weighted by atomic mass is 10.1. The highest BCUT2D eigenvalue weighted by Crippen LogP contribution is 2.25. The largest absolute Gasteiger partial charge is 0.414 e. The molecule has 1 amide bonds. The highest BCUT2D eigenvalue weighted by molar-refractivity contribution is 7.99. The highest BCUT2D eigenvalue weighted by Gasteiger charge is 2.22. The van der Waals surface area contributed by atoms with Crippen LogP contribution in [0, 0.1) is 13.8 Å². The van der Waals surface area contributed by atoms with Crippen molar-refractivity contribution in [2.24, 2.45) is 0 Å². The number of para-hydroxylation sites is 1. The third-order valence-electron chi connectivity index (χ3n) is 3.85. The van der Waals surface area contributed by atoms with Gasteiger partial charge >= 0.3 is 0 Å². The van der Waals surface area contributed by atoms with Gasteiger partial charge in [-0.3, -0.25) is 4.79 Å². The van der Waals surface area contributed by atoms with Crippen molar-refractivity contribution in [2.45, 2.75) is 38.0 Å². The van der Waals surface area contributed by atoms with Crippen LogP contribution in [0.25, 0.3) is 0 Å². The average molecular weight is 369 g/mol. The first-order valence-corrected chi connectivity index (χ1v) is 8.67. The summed E-state index contributed by atoms with van der Waals surface area (Å²) in [6.07, 6.45) is 2.13. The molecule has 2 N–H and O–H groups in total. The van der Waals surface area contributed by atoms with E-state index >= 15 is 0 Å². The van der Waals surface area contributed by atoms with Crippen molar-refractivity contribution >= 4 is 35.8 Å². The summed E-state index contributed by atoms with van der Waals surface area (Å²) in [7, 11) is 0. The van der Waals surface area contributed by atoms with Gasteiger partial charge in [-0.1, -0.05) is 30.0 Å². The quantitative estimate of drug-likeness (QED) is 0.788. The summed E-state index contributed by atoms with van der Waals surface area (Å²) in [6, 6.07) is 6.09. The van der Waals surface area contributed by atoms with Gasteiger partial charge in [-0.25, -0.2) is 0 Å². The van der Waals surface area contributed by atoms with Crippen LogP contribution in [-0.2, 0) is 4.79 Å². The van der Waals surface area contributed by atoms with E-state index in [0.717, 1.165) is 36.2 Å². The Morgan fingerprint density at radius 3 is 2.79 bits per heavy atom. The maximum Gasteiger partial charge on any atom is 0.277 e. The number of halogens is 1. The molecule has 1 fully saturated rings. The van der Waals surface area contributed by atoms with Crippen LogP contribution in [0.1, 0.15) is 35.9 Å². The SMILES string of the molecule is Cc1cccc(C)c1NC(=O)CSc1nnc([C@@H]2CCCN2)o1.Cl. The van der Waals surface area contributed by atoms with Gasteiger partial charge in [-0.15, -0.1) is 22.6 Å². The second-order valence-corrected chi connectivity index (χ2v) is 6.59. The summed E-state index contributed by atoms with van der Waals surface area (Å²) < 4.78 is 5.61. The van der Waals surface area contributed by atoms with Crippen LogP contribution in [0.3, 0.4) is 0 Å². The summed E-state index contributed by atoms with van der Waals surface area (Å²) in [6.45, 7) is 4.94. The lowest BCUT2D eigenvalue weighted by Gasteiger charge is -2.10. The van der Waals surface area contributed by atoms with Crippen molar-refractivity contribution in [3.8, 4) is 0 Å². The number of hydrogen-bond donors (Lipinski definition) is 2. The van der Waals surface area contributed by atoms with Gasteiger partial charge in [0, 0.05) is 5.69 Å². The summed E-state index contributed by atoms with van der Waals surface area (Å²) in [5, 5.41) is 14.8. The number of aromatic nitrogens is 2. The molecule has 1 aromatic carbocycles. The summed E-state index contributed by atoms with van der Waals surface area (Å²) in [5.41, 5.74) is 2.98. The standard InChI is InChI=1S/C16H20N4O2S.ClH/c1-10-5-3-6-11(2)14(10)18-13(21)9-23-16-20-19-15(22-16)12-7-4-8-17-12;/h3,5-6,12,17H,4,7-9H2,1-2H3,(H,18,21);1H/t12-;/m0./s1. The van der Waals surface area contributed by atoms with Crippen molar-refractivity contribution in [1.29, 1.82) is 0 Å². The second kappa shape index (κ2) is 8.50. The maximum atomic E-state index is 12.1. The van der Waals surface area contributed by atoms with Crippen molar-refractivity contribution in [3.63, 3.8) is 0 Å². The number of carbonyl (C=O) groups is 1. The summed E-state index contributed by atoms with van der Waals surface area (Å²) >= 11 is 1.26. The number of rotatable bonds is 5. The molecular formula is C16H21ClN4O2S. The fourth-order valence-electron chi connectivity index (χ4n) is 2.63. The van der Waals surface area contributed by atoms with Gasteiger partial charge in [0.2, 0.25) is 11.8 Å². The van der Waals surface area contributed by atoms with Gasteiger partial charge in [0.15, 0.2) is 0 Å². The van der Waals surface area contributed by atoms with E-state index in [1.165, 1.54) is 11.8 Å². The Balaban J connectivity index is 0.00000208. The van der Waals surface area contributed by atoms with E-state index in [2.05, 4.69) is 20.8 Å². The van der Waals surface area contributed by atoms with Crippen LogP contribution in [-0.4, -0.2) is 28.4 Å². The topological polar surface area (TPSA) is 80.0 Å². The monoisotopic (exact) mass is 368 g/mol. The first kappa shape index (κ1) is 18.8. The molecule has 1 aromatic heterocycles. The minimum atomic E-state index is -0.0776. The molecule has 24 heavy (non-hydrogen) atoms. The van der Waals surface area contributed by atoms with Gasteiger partial charge in [0.05, 0.1) is 11.8 Å². The number of anilines is 1. The average Bonchev–Trinajstić information content (AvgIpc) is 3.19. The van der Waals surface area contributed by atoms with E-state index in [1.54, 1.807) is 0 Å². The number of nitrogens with zero attached hydrogens (tertiary/aromatic N) is 2. The lowest BCUT2D eigenvalue weighted by Crippen LogP contribution is -2.15. The first-order valence-electron chi connectivity index (χ1n) is 7.69.